The number of halogens is 1. The molecule has 1 saturated heterocycles. The molecule has 0 spiro atoms. The molecule has 152 valence electrons. The lowest BCUT2D eigenvalue weighted by molar-refractivity contribution is -0.120. The second-order valence-corrected chi connectivity index (χ2v) is 7.39. The predicted molar refractivity (Wildman–Crippen MR) is 107 cm³/mol. The summed E-state index contributed by atoms with van der Waals surface area (Å²) in [5.41, 5.74) is 6.72. The maximum atomic E-state index is 13.9. The molecular weight excluding hydrogens is 375 g/mol. The van der Waals surface area contributed by atoms with E-state index >= 15 is 0 Å². The third-order valence-corrected chi connectivity index (χ3v) is 5.40. The number of aryl methyl sites for hydroxylation is 1. The van der Waals surface area contributed by atoms with E-state index in [9.17, 15) is 14.0 Å². The fraction of sp³-hybridized carbons (Fsp3) is 0.381. The molecule has 4 rings (SSSR count). The average Bonchev–Trinajstić information content (AvgIpc) is 2.74. The Kier molecular flexibility index (Phi) is 5.33. The Morgan fingerprint density at radius 1 is 1.24 bits per heavy atom. The van der Waals surface area contributed by atoms with Gasteiger partial charge in [-0.15, -0.1) is 0 Å². The van der Waals surface area contributed by atoms with E-state index in [1.807, 2.05) is 11.0 Å². The summed E-state index contributed by atoms with van der Waals surface area (Å²) >= 11 is 0. The van der Waals surface area contributed by atoms with E-state index < -0.39 is 5.91 Å². The van der Waals surface area contributed by atoms with Crippen LogP contribution in [0.2, 0.25) is 0 Å². The van der Waals surface area contributed by atoms with Crippen molar-refractivity contribution in [3.63, 3.8) is 0 Å². The molecule has 0 bridgehead atoms. The van der Waals surface area contributed by atoms with Gasteiger partial charge in [-0.05, 0) is 49.4 Å². The van der Waals surface area contributed by atoms with Gasteiger partial charge in [0.25, 0.3) is 5.91 Å². The summed E-state index contributed by atoms with van der Waals surface area (Å²) in [6.45, 7) is 1.83. The molecule has 0 unspecified atom stereocenters. The number of carbonyl (C=O) groups excluding carboxylic acids is 2. The van der Waals surface area contributed by atoms with Crippen molar-refractivity contribution in [2.75, 3.05) is 29.9 Å². The zero-order valence-corrected chi connectivity index (χ0v) is 16.0. The molecule has 0 atom stereocenters. The lowest BCUT2D eigenvalue weighted by Gasteiger charge is -2.32. The summed E-state index contributed by atoms with van der Waals surface area (Å²) in [6, 6.07) is 7.93. The molecule has 2 aromatic rings. The number of nitrogens with two attached hydrogens (primary N) is 1. The number of primary amides is 1. The van der Waals surface area contributed by atoms with Gasteiger partial charge >= 0.3 is 0 Å². The van der Waals surface area contributed by atoms with E-state index in [2.05, 4.69) is 10.3 Å². The first-order chi connectivity index (χ1) is 14.0. The molecule has 0 radical (unpaired) electrons. The molecule has 0 aliphatic carbocycles. The highest BCUT2D eigenvalue weighted by atomic mass is 19.1. The zero-order chi connectivity index (χ0) is 20.4. The molecular formula is C21H23FN4O3. The monoisotopic (exact) mass is 398 g/mol. The van der Waals surface area contributed by atoms with Crippen LogP contribution in [0.1, 0.15) is 35.3 Å². The SMILES string of the molecule is NC(=O)c1cccc(N2CCC(C(=O)Nc3cc(F)cc4c3OCCC4)CC2)n1. The minimum Gasteiger partial charge on any atom is -0.491 e. The number of ether oxygens (including phenoxy) is 1. The Balaban J connectivity index is 1.41. The summed E-state index contributed by atoms with van der Waals surface area (Å²) < 4.78 is 19.6. The predicted octanol–water partition coefficient (Wildman–Crippen LogP) is 2.50. The smallest absolute Gasteiger partial charge is 0.267 e. The van der Waals surface area contributed by atoms with Crippen molar-refractivity contribution in [3.8, 4) is 5.75 Å². The van der Waals surface area contributed by atoms with Crippen LogP contribution in [0.15, 0.2) is 30.3 Å². The highest BCUT2D eigenvalue weighted by Crippen LogP contribution is 2.35. The van der Waals surface area contributed by atoms with E-state index in [1.54, 1.807) is 12.1 Å². The molecule has 7 nitrogen and oxygen atoms in total. The van der Waals surface area contributed by atoms with Crippen molar-refractivity contribution in [2.24, 2.45) is 11.7 Å². The van der Waals surface area contributed by atoms with Crippen LogP contribution in [-0.2, 0) is 11.2 Å². The average molecular weight is 398 g/mol. The number of nitrogens with one attached hydrogen (secondary N) is 1. The van der Waals surface area contributed by atoms with Crippen LogP contribution in [-0.4, -0.2) is 36.5 Å². The highest BCUT2D eigenvalue weighted by Gasteiger charge is 2.27. The molecule has 2 aliphatic heterocycles. The van der Waals surface area contributed by atoms with Gasteiger partial charge in [0, 0.05) is 25.1 Å². The minimum absolute atomic E-state index is 0.134. The van der Waals surface area contributed by atoms with Gasteiger partial charge in [-0.25, -0.2) is 9.37 Å². The number of nitrogens with zero attached hydrogens (tertiary/aromatic N) is 2. The van der Waals surface area contributed by atoms with Crippen LogP contribution in [0.4, 0.5) is 15.9 Å². The Hall–Kier alpha value is -3.16. The van der Waals surface area contributed by atoms with Gasteiger partial charge in [0.2, 0.25) is 5.91 Å². The number of anilines is 2. The van der Waals surface area contributed by atoms with Gasteiger partial charge in [0.05, 0.1) is 12.3 Å². The number of piperidine rings is 1. The van der Waals surface area contributed by atoms with Crippen LogP contribution in [0.5, 0.6) is 5.75 Å². The maximum absolute atomic E-state index is 13.9. The van der Waals surface area contributed by atoms with Gasteiger partial charge < -0.3 is 20.7 Å². The molecule has 1 aromatic heterocycles. The second-order valence-electron chi connectivity index (χ2n) is 7.39. The molecule has 2 amide bonds. The van der Waals surface area contributed by atoms with E-state index in [-0.39, 0.29) is 23.3 Å². The van der Waals surface area contributed by atoms with Gasteiger partial charge in [0.15, 0.2) is 0 Å². The third kappa shape index (κ3) is 4.16. The molecule has 29 heavy (non-hydrogen) atoms. The molecule has 3 heterocycles. The van der Waals surface area contributed by atoms with E-state index in [0.717, 1.165) is 18.4 Å². The Bertz CT molecular complexity index is 942. The molecule has 0 saturated carbocycles. The molecule has 1 fully saturated rings. The van der Waals surface area contributed by atoms with Crippen molar-refractivity contribution in [1.29, 1.82) is 0 Å². The highest BCUT2D eigenvalue weighted by molar-refractivity contribution is 5.94. The fourth-order valence-electron chi connectivity index (χ4n) is 3.88. The number of carbonyl (C=O) groups is 2. The number of benzene rings is 1. The quantitative estimate of drug-likeness (QED) is 0.825. The number of amides is 2. The van der Waals surface area contributed by atoms with Crippen molar-refractivity contribution in [2.45, 2.75) is 25.7 Å². The summed E-state index contributed by atoms with van der Waals surface area (Å²) in [7, 11) is 0. The fourth-order valence-corrected chi connectivity index (χ4v) is 3.88. The van der Waals surface area contributed by atoms with Crippen LogP contribution >= 0.6 is 0 Å². The summed E-state index contributed by atoms with van der Waals surface area (Å²) in [6.07, 6.45) is 2.85. The Morgan fingerprint density at radius 2 is 2.03 bits per heavy atom. The molecule has 3 N–H and O–H groups in total. The van der Waals surface area contributed by atoms with E-state index in [4.69, 9.17) is 10.5 Å². The van der Waals surface area contributed by atoms with Gasteiger partial charge in [-0.3, -0.25) is 9.59 Å². The Morgan fingerprint density at radius 3 is 2.79 bits per heavy atom. The Labute approximate surface area is 168 Å². The number of hydrogen-bond donors (Lipinski definition) is 2. The lowest BCUT2D eigenvalue weighted by atomic mass is 9.95. The van der Waals surface area contributed by atoms with Crippen LogP contribution < -0.4 is 20.7 Å². The van der Waals surface area contributed by atoms with Crippen molar-refractivity contribution in [3.05, 3.63) is 47.4 Å². The normalized spacial score (nSPS) is 16.7. The first-order valence-corrected chi connectivity index (χ1v) is 9.79. The van der Waals surface area contributed by atoms with E-state index in [0.29, 0.717) is 49.8 Å². The number of fused-ring (bicyclic) bond motifs is 1. The van der Waals surface area contributed by atoms with Crippen molar-refractivity contribution >= 4 is 23.3 Å². The van der Waals surface area contributed by atoms with E-state index in [1.165, 1.54) is 12.1 Å². The summed E-state index contributed by atoms with van der Waals surface area (Å²) in [4.78, 5) is 30.4. The zero-order valence-electron chi connectivity index (χ0n) is 16.0. The largest absolute Gasteiger partial charge is 0.491 e. The standard InChI is InChI=1S/C21H23FN4O3/c22-15-11-14-3-2-10-29-19(14)17(12-15)25-21(28)13-6-8-26(9-7-13)18-5-1-4-16(24-18)20(23)27/h1,4-5,11-13H,2-3,6-10H2,(H2,23,27)(H,25,28). The summed E-state index contributed by atoms with van der Waals surface area (Å²) in [5, 5.41) is 2.86. The topological polar surface area (TPSA) is 97.6 Å². The minimum atomic E-state index is -0.568. The molecule has 8 heteroatoms. The maximum Gasteiger partial charge on any atom is 0.267 e. The number of pyridine rings is 1. The first kappa shape index (κ1) is 19.2. The van der Waals surface area contributed by atoms with Crippen molar-refractivity contribution in [1.82, 2.24) is 4.98 Å². The van der Waals surface area contributed by atoms with Gasteiger partial charge in [-0.1, -0.05) is 6.07 Å². The number of aromatic nitrogens is 1. The lowest BCUT2D eigenvalue weighted by Crippen LogP contribution is -2.38. The molecule has 2 aliphatic rings. The van der Waals surface area contributed by atoms with Crippen LogP contribution in [0, 0.1) is 11.7 Å². The van der Waals surface area contributed by atoms with Crippen LogP contribution in [0.25, 0.3) is 0 Å². The summed E-state index contributed by atoms with van der Waals surface area (Å²) in [5.74, 6) is -0.0104. The molecule has 1 aromatic carbocycles. The second kappa shape index (κ2) is 8.06. The van der Waals surface area contributed by atoms with Crippen LogP contribution in [0.3, 0.4) is 0 Å². The van der Waals surface area contributed by atoms with Crippen molar-refractivity contribution < 1.29 is 18.7 Å². The van der Waals surface area contributed by atoms with Gasteiger partial charge in [0.1, 0.15) is 23.1 Å². The number of hydrogen-bond acceptors (Lipinski definition) is 5. The number of rotatable bonds is 4. The first-order valence-electron chi connectivity index (χ1n) is 9.79. The van der Waals surface area contributed by atoms with Gasteiger partial charge in [-0.2, -0.15) is 0 Å². The third-order valence-electron chi connectivity index (χ3n) is 5.40.